The van der Waals surface area contributed by atoms with Gasteiger partial charge in [-0.05, 0) is 44.5 Å². The molecule has 1 rings (SSSR count). The van der Waals surface area contributed by atoms with Gasteiger partial charge < -0.3 is 14.7 Å². The van der Waals surface area contributed by atoms with E-state index in [4.69, 9.17) is 9.84 Å². The van der Waals surface area contributed by atoms with Crippen LogP contribution >= 0.6 is 0 Å². The Hall–Kier alpha value is -1.62. The van der Waals surface area contributed by atoms with Crippen LogP contribution in [0.5, 0.6) is 5.75 Å². The monoisotopic (exact) mass is 283 g/mol. The third-order valence-electron chi connectivity index (χ3n) is 3.02. The van der Waals surface area contributed by atoms with Crippen molar-refractivity contribution >= 4 is 5.97 Å². The van der Waals surface area contributed by atoms with Crippen molar-refractivity contribution < 1.29 is 19.0 Å². The average Bonchev–Trinajstić information content (AvgIpc) is 2.39. The number of aliphatic carboxylic acids is 1. The van der Waals surface area contributed by atoms with Gasteiger partial charge in [-0.15, -0.1) is 0 Å². The molecule has 5 heteroatoms. The predicted molar refractivity (Wildman–Crippen MR) is 75.5 cm³/mol. The number of nitrogens with zero attached hydrogens (tertiary/aromatic N) is 1. The number of carbonyl (C=O) groups is 1. The van der Waals surface area contributed by atoms with Gasteiger partial charge in [-0.2, -0.15) is 0 Å². The van der Waals surface area contributed by atoms with Crippen molar-refractivity contribution in [2.24, 2.45) is 0 Å². The fourth-order valence-electron chi connectivity index (χ4n) is 1.86. The van der Waals surface area contributed by atoms with Gasteiger partial charge in [0, 0.05) is 19.1 Å². The fraction of sp³-hybridized carbons (Fsp3) is 0.533. The van der Waals surface area contributed by atoms with Gasteiger partial charge in [-0.3, -0.25) is 4.79 Å². The van der Waals surface area contributed by atoms with Crippen LogP contribution < -0.4 is 4.74 Å². The Morgan fingerprint density at radius 3 is 2.50 bits per heavy atom. The lowest BCUT2D eigenvalue weighted by Gasteiger charge is -2.25. The number of rotatable bonds is 9. The second kappa shape index (κ2) is 8.53. The van der Waals surface area contributed by atoms with E-state index in [0.29, 0.717) is 24.9 Å². The van der Waals surface area contributed by atoms with E-state index in [9.17, 15) is 9.18 Å². The van der Waals surface area contributed by atoms with E-state index in [2.05, 4.69) is 4.90 Å². The summed E-state index contributed by atoms with van der Waals surface area (Å²) in [6, 6.07) is 6.23. The first kappa shape index (κ1) is 16.4. The van der Waals surface area contributed by atoms with Crippen molar-refractivity contribution in [2.75, 3.05) is 19.7 Å². The second-order valence-corrected chi connectivity index (χ2v) is 4.93. The van der Waals surface area contributed by atoms with Crippen LogP contribution in [0.1, 0.15) is 26.7 Å². The zero-order valence-corrected chi connectivity index (χ0v) is 12.0. The summed E-state index contributed by atoms with van der Waals surface area (Å²) in [7, 11) is 0. The topological polar surface area (TPSA) is 49.8 Å². The average molecular weight is 283 g/mol. The highest BCUT2D eigenvalue weighted by atomic mass is 19.1. The van der Waals surface area contributed by atoms with Crippen LogP contribution in [0.2, 0.25) is 0 Å². The molecule has 0 saturated carbocycles. The van der Waals surface area contributed by atoms with Crippen molar-refractivity contribution in [1.29, 1.82) is 0 Å². The molecule has 0 heterocycles. The van der Waals surface area contributed by atoms with E-state index in [0.717, 1.165) is 13.0 Å². The molecule has 0 amide bonds. The highest BCUT2D eigenvalue weighted by molar-refractivity contribution is 5.66. The largest absolute Gasteiger partial charge is 0.494 e. The number of carboxylic acids is 1. The molecule has 1 N–H and O–H groups in total. The maximum atomic E-state index is 12.7. The van der Waals surface area contributed by atoms with Gasteiger partial charge in [-0.1, -0.05) is 0 Å². The van der Waals surface area contributed by atoms with E-state index in [1.54, 1.807) is 12.1 Å². The Morgan fingerprint density at radius 2 is 1.95 bits per heavy atom. The Kier molecular flexibility index (Phi) is 7.01. The maximum Gasteiger partial charge on any atom is 0.304 e. The van der Waals surface area contributed by atoms with Crippen molar-refractivity contribution in [3.8, 4) is 5.75 Å². The molecular weight excluding hydrogens is 261 g/mol. The minimum Gasteiger partial charge on any atom is -0.494 e. The van der Waals surface area contributed by atoms with Crippen molar-refractivity contribution in [3.05, 3.63) is 30.1 Å². The molecule has 1 aromatic rings. The van der Waals surface area contributed by atoms with Crippen LogP contribution in [0.4, 0.5) is 4.39 Å². The van der Waals surface area contributed by atoms with Gasteiger partial charge >= 0.3 is 5.97 Å². The molecule has 0 fully saturated rings. The Balaban J connectivity index is 2.26. The van der Waals surface area contributed by atoms with E-state index in [1.807, 2.05) is 13.8 Å². The minimum atomic E-state index is -0.779. The SMILES string of the molecule is CC(C)N(CCCOc1ccc(F)cc1)CCC(=O)O. The van der Waals surface area contributed by atoms with Crippen molar-refractivity contribution in [2.45, 2.75) is 32.7 Å². The van der Waals surface area contributed by atoms with E-state index < -0.39 is 5.97 Å². The first-order valence-corrected chi connectivity index (χ1v) is 6.83. The molecule has 0 aliphatic rings. The zero-order valence-electron chi connectivity index (χ0n) is 12.0. The van der Waals surface area contributed by atoms with E-state index in [-0.39, 0.29) is 12.2 Å². The second-order valence-electron chi connectivity index (χ2n) is 4.93. The lowest BCUT2D eigenvalue weighted by atomic mass is 10.2. The molecule has 1 aromatic carbocycles. The Morgan fingerprint density at radius 1 is 1.30 bits per heavy atom. The molecular formula is C15H22FNO3. The zero-order chi connectivity index (χ0) is 15.0. The lowest BCUT2D eigenvalue weighted by Crippen LogP contribution is -2.34. The van der Waals surface area contributed by atoms with Crippen LogP contribution in [0.25, 0.3) is 0 Å². The number of hydrogen-bond acceptors (Lipinski definition) is 3. The molecule has 0 aliphatic carbocycles. The normalized spacial score (nSPS) is 11.1. The molecule has 0 bridgehead atoms. The van der Waals surface area contributed by atoms with Crippen molar-refractivity contribution in [1.82, 2.24) is 4.90 Å². The first-order chi connectivity index (χ1) is 9.49. The van der Waals surface area contributed by atoms with Crippen LogP contribution in [0, 0.1) is 5.82 Å². The summed E-state index contributed by atoms with van der Waals surface area (Å²) in [5.41, 5.74) is 0. The van der Waals surface area contributed by atoms with Crippen LogP contribution in [-0.2, 0) is 4.79 Å². The maximum absolute atomic E-state index is 12.7. The lowest BCUT2D eigenvalue weighted by molar-refractivity contribution is -0.137. The smallest absolute Gasteiger partial charge is 0.304 e. The number of carboxylic acid groups (broad SMARTS) is 1. The molecule has 0 radical (unpaired) electrons. The Bertz CT molecular complexity index is 406. The fourth-order valence-corrected chi connectivity index (χ4v) is 1.86. The van der Waals surface area contributed by atoms with Crippen LogP contribution in [-0.4, -0.2) is 41.7 Å². The summed E-state index contributed by atoms with van der Waals surface area (Å²) < 4.78 is 18.2. The van der Waals surface area contributed by atoms with E-state index >= 15 is 0 Å². The number of hydrogen-bond donors (Lipinski definition) is 1. The van der Waals surface area contributed by atoms with Crippen molar-refractivity contribution in [3.63, 3.8) is 0 Å². The summed E-state index contributed by atoms with van der Waals surface area (Å²) in [5, 5.41) is 8.70. The quantitative estimate of drug-likeness (QED) is 0.708. The summed E-state index contributed by atoms with van der Waals surface area (Å²) in [4.78, 5) is 12.7. The standard InChI is InChI=1S/C15H22FNO3/c1-12(2)17(10-8-15(18)19)9-3-11-20-14-6-4-13(16)5-7-14/h4-7,12H,3,8-11H2,1-2H3,(H,18,19). The van der Waals surface area contributed by atoms with Gasteiger partial charge in [0.05, 0.1) is 13.0 Å². The Labute approximate surface area is 119 Å². The van der Waals surface area contributed by atoms with Gasteiger partial charge in [0.1, 0.15) is 11.6 Å². The molecule has 0 spiro atoms. The number of ether oxygens (including phenoxy) is 1. The summed E-state index contributed by atoms with van der Waals surface area (Å²) in [5.74, 6) is -0.414. The third-order valence-corrected chi connectivity index (χ3v) is 3.02. The van der Waals surface area contributed by atoms with Gasteiger partial charge in [0.15, 0.2) is 0 Å². The third kappa shape index (κ3) is 6.52. The summed E-state index contributed by atoms with van der Waals surface area (Å²) >= 11 is 0. The number of benzene rings is 1. The molecule has 0 atom stereocenters. The molecule has 0 aromatic heterocycles. The molecule has 0 saturated heterocycles. The minimum absolute atomic E-state index is 0.150. The molecule has 0 unspecified atom stereocenters. The predicted octanol–water partition coefficient (Wildman–Crippen LogP) is 2.78. The van der Waals surface area contributed by atoms with Gasteiger partial charge in [-0.25, -0.2) is 4.39 Å². The molecule has 112 valence electrons. The van der Waals surface area contributed by atoms with Gasteiger partial charge in [0.25, 0.3) is 0 Å². The molecule has 0 aliphatic heterocycles. The number of halogens is 1. The summed E-state index contributed by atoms with van der Waals surface area (Å²) in [6.07, 6.45) is 0.951. The van der Waals surface area contributed by atoms with Crippen LogP contribution in [0.15, 0.2) is 24.3 Å². The van der Waals surface area contributed by atoms with E-state index in [1.165, 1.54) is 12.1 Å². The highest BCUT2D eigenvalue weighted by Crippen LogP contribution is 2.11. The molecule has 4 nitrogen and oxygen atoms in total. The summed E-state index contributed by atoms with van der Waals surface area (Å²) in [6.45, 7) is 5.95. The first-order valence-electron chi connectivity index (χ1n) is 6.83. The highest BCUT2D eigenvalue weighted by Gasteiger charge is 2.10. The van der Waals surface area contributed by atoms with Crippen LogP contribution in [0.3, 0.4) is 0 Å². The van der Waals surface area contributed by atoms with Gasteiger partial charge in [0.2, 0.25) is 0 Å². The molecule has 20 heavy (non-hydrogen) atoms.